The number of aromatic nitrogens is 3. The van der Waals surface area contributed by atoms with E-state index in [1.807, 2.05) is 66.1 Å². The molecule has 8 heteroatoms. The van der Waals surface area contributed by atoms with Gasteiger partial charge in [-0.2, -0.15) is 0 Å². The van der Waals surface area contributed by atoms with Gasteiger partial charge in [0.2, 0.25) is 11.8 Å². The largest absolute Gasteiger partial charge is 0.370 e. The summed E-state index contributed by atoms with van der Waals surface area (Å²) in [6.07, 6.45) is 0.623. The minimum absolute atomic E-state index is 0.136. The Bertz CT molecular complexity index is 1050. The Morgan fingerprint density at radius 3 is 2.38 bits per heavy atom. The Kier molecular flexibility index (Phi) is 8.05. The van der Waals surface area contributed by atoms with Crippen molar-refractivity contribution in [3.05, 3.63) is 71.5 Å². The van der Waals surface area contributed by atoms with Crippen molar-refractivity contribution in [3.8, 4) is 0 Å². The van der Waals surface area contributed by atoms with Crippen LogP contribution in [0.4, 0.5) is 5.69 Å². The van der Waals surface area contributed by atoms with E-state index < -0.39 is 5.25 Å². The molecule has 0 unspecified atom stereocenters. The van der Waals surface area contributed by atoms with Gasteiger partial charge in [-0.1, -0.05) is 73.6 Å². The number of aryl methyl sites for hydroxylation is 2. The fourth-order valence-electron chi connectivity index (χ4n) is 3.23. The number of carbonyl (C=O) groups is 2. The third-order valence-corrected chi connectivity index (χ3v) is 6.05. The van der Waals surface area contributed by atoms with Gasteiger partial charge < -0.3 is 15.6 Å². The fraction of sp³-hybridized carbons (Fsp3) is 0.333. The second-order valence-corrected chi connectivity index (χ2v) is 9.21. The van der Waals surface area contributed by atoms with Crippen LogP contribution in [0.2, 0.25) is 0 Å². The number of nitrogens with one attached hydrogen (secondary N) is 1. The summed E-state index contributed by atoms with van der Waals surface area (Å²) in [5.41, 5.74) is 8.07. The number of rotatable bonds is 10. The number of amides is 2. The Morgan fingerprint density at radius 2 is 1.75 bits per heavy atom. The number of nitrogens with zero attached hydrogens (tertiary/aromatic N) is 3. The van der Waals surface area contributed by atoms with E-state index in [0.29, 0.717) is 29.9 Å². The SMILES string of the molecule is Cc1ccc(NC(=O)[C@@H](Sc2nnc(CCC(N)=O)n2CC(C)C)c2ccccc2)cc1. The van der Waals surface area contributed by atoms with Crippen LogP contribution >= 0.6 is 11.8 Å². The Labute approximate surface area is 192 Å². The number of anilines is 1. The maximum Gasteiger partial charge on any atom is 0.242 e. The predicted molar refractivity (Wildman–Crippen MR) is 127 cm³/mol. The fourth-order valence-corrected chi connectivity index (χ4v) is 4.29. The molecule has 3 N–H and O–H groups in total. The van der Waals surface area contributed by atoms with E-state index in [0.717, 1.165) is 16.8 Å². The molecule has 0 fully saturated rings. The smallest absolute Gasteiger partial charge is 0.242 e. The van der Waals surface area contributed by atoms with E-state index in [1.165, 1.54) is 11.8 Å². The Hall–Kier alpha value is -3.13. The van der Waals surface area contributed by atoms with Crippen LogP contribution < -0.4 is 11.1 Å². The molecule has 0 aliphatic rings. The molecule has 32 heavy (non-hydrogen) atoms. The van der Waals surface area contributed by atoms with Crippen molar-refractivity contribution in [2.75, 3.05) is 5.32 Å². The van der Waals surface area contributed by atoms with E-state index >= 15 is 0 Å². The lowest BCUT2D eigenvalue weighted by molar-refractivity contribution is -0.118. The molecule has 168 valence electrons. The number of thioether (sulfide) groups is 1. The summed E-state index contributed by atoms with van der Waals surface area (Å²) in [4.78, 5) is 24.6. The molecule has 2 aromatic carbocycles. The molecule has 0 saturated heterocycles. The topological polar surface area (TPSA) is 103 Å². The first-order valence-corrected chi connectivity index (χ1v) is 11.5. The molecule has 0 radical (unpaired) electrons. The third-order valence-electron chi connectivity index (χ3n) is 4.82. The van der Waals surface area contributed by atoms with Gasteiger partial charge >= 0.3 is 0 Å². The van der Waals surface area contributed by atoms with E-state index in [2.05, 4.69) is 29.4 Å². The Balaban J connectivity index is 1.90. The number of nitrogens with two attached hydrogens (primary N) is 1. The first-order valence-electron chi connectivity index (χ1n) is 10.6. The van der Waals surface area contributed by atoms with Crippen LogP contribution in [0.5, 0.6) is 0 Å². The number of primary amides is 1. The molecular formula is C24H29N5O2S. The van der Waals surface area contributed by atoms with Crippen LogP contribution in [0.15, 0.2) is 59.8 Å². The minimum Gasteiger partial charge on any atom is -0.370 e. The molecule has 1 heterocycles. The number of carbonyl (C=O) groups excluding carboxylic acids is 2. The van der Waals surface area contributed by atoms with Crippen LogP contribution in [0.3, 0.4) is 0 Å². The molecule has 3 rings (SSSR count). The van der Waals surface area contributed by atoms with E-state index in [9.17, 15) is 9.59 Å². The quantitative estimate of drug-likeness (QED) is 0.451. The lowest BCUT2D eigenvalue weighted by Crippen LogP contribution is -2.20. The highest BCUT2D eigenvalue weighted by atomic mass is 32.2. The second kappa shape index (κ2) is 10.9. The van der Waals surface area contributed by atoms with Crippen molar-refractivity contribution in [2.45, 2.75) is 50.6 Å². The van der Waals surface area contributed by atoms with Gasteiger partial charge in [-0.15, -0.1) is 10.2 Å². The molecule has 0 spiro atoms. The maximum atomic E-state index is 13.3. The number of benzene rings is 2. The van der Waals surface area contributed by atoms with Crippen molar-refractivity contribution < 1.29 is 9.59 Å². The standard InChI is InChI=1S/C24H29N5O2S/c1-16(2)15-29-21(14-13-20(25)30)27-28-24(29)32-22(18-7-5-4-6-8-18)23(31)26-19-11-9-17(3)10-12-19/h4-12,16,22H,13-15H2,1-3H3,(H2,25,30)(H,26,31)/t22-/m0/s1. The Morgan fingerprint density at radius 1 is 1.06 bits per heavy atom. The highest BCUT2D eigenvalue weighted by molar-refractivity contribution is 8.00. The van der Waals surface area contributed by atoms with Crippen LogP contribution in [-0.2, 0) is 22.6 Å². The molecule has 0 aliphatic heterocycles. The van der Waals surface area contributed by atoms with Crippen molar-refractivity contribution in [3.63, 3.8) is 0 Å². The summed E-state index contributed by atoms with van der Waals surface area (Å²) >= 11 is 1.36. The molecule has 7 nitrogen and oxygen atoms in total. The van der Waals surface area contributed by atoms with Crippen molar-refractivity contribution in [2.24, 2.45) is 11.7 Å². The van der Waals surface area contributed by atoms with E-state index in [1.54, 1.807) is 0 Å². The van der Waals surface area contributed by atoms with E-state index in [-0.39, 0.29) is 18.2 Å². The predicted octanol–water partition coefficient (Wildman–Crippen LogP) is 4.13. The highest BCUT2D eigenvalue weighted by Gasteiger charge is 2.26. The molecule has 3 aromatic rings. The summed E-state index contributed by atoms with van der Waals surface area (Å²) in [5, 5.41) is 11.8. The van der Waals surface area contributed by atoms with Gasteiger partial charge in [-0.25, -0.2) is 0 Å². The summed E-state index contributed by atoms with van der Waals surface area (Å²) in [5.74, 6) is 0.528. The van der Waals surface area contributed by atoms with Gasteiger partial charge in [-0.05, 0) is 30.5 Å². The summed E-state index contributed by atoms with van der Waals surface area (Å²) in [6, 6.07) is 17.3. The maximum absolute atomic E-state index is 13.3. The molecule has 0 saturated carbocycles. The van der Waals surface area contributed by atoms with Gasteiger partial charge in [0, 0.05) is 25.1 Å². The third kappa shape index (κ3) is 6.43. The molecule has 0 aliphatic carbocycles. The number of hydrogen-bond acceptors (Lipinski definition) is 5. The summed E-state index contributed by atoms with van der Waals surface area (Å²) in [6.45, 7) is 6.90. The van der Waals surface area contributed by atoms with Crippen LogP contribution in [-0.4, -0.2) is 26.6 Å². The minimum atomic E-state index is -0.517. The second-order valence-electron chi connectivity index (χ2n) is 8.13. The lowest BCUT2D eigenvalue weighted by Gasteiger charge is -2.18. The molecule has 1 aromatic heterocycles. The average molecular weight is 452 g/mol. The zero-order valence-electron chi connectivity index (χ0n) is 18.6. The highest BCUT2D eigenvalue weighted by Crippen LogP contribution is 2.36. The molecule has 1 atom stereocenters. The van der Waals surface area contributed by atoms with Gasteiger partial charge in [0.25, 0.3) is 0 Å². The van der Waals surface area contributed by atoms with Crippen molar-refractivity contribution in [1.29, 1.82) is 0 Å². The van der Waals surface area contributed by atoms with Gasteiger partial charge in [0.05, 0.1) is 0 Å². The van der Waals surface area contributed by atoms with Crippen LogP contribution in [0, 0.1) is 12.8 Å². The zero-order valence-corrected chi connectivity index (χ0v) is 19.4. The van der Waals surface area contributed by atoms with Crippen LogP contribution in [0.25, 0.3) is 0 Å². The molecular weight excluding hydrogens is 422 g/mol. The molecule has 0 bridgehead atoms. The average Bonchev–Trinajstić information content (AvgIpc) is 3.13. The molecule has 2 amide bonds. The van der Waals surface area contributed by atoms with Gasteiger partial charge in [0.15, 0.2) is 5.16 Å². The van der Waals surface area contributed by atoms with Crippen molar-refractivity contribution in [1.82, 2.24) is 14.8 Å². The van der Waals surface area contributed by atoms with Gasteiger partial charge in [-0.3, -0.25) is 9.59 Å². The van der Waals surface area contributed by atoms with Crippen LogP contribution in [0.1, 0.15) is 42.5 Å². The first-order chi connectivity index (χ1) is 15.3. The number of hydrogen-bond donors (Lipinski definition) is 2. The normalized spacial score (nSPS) is 12.0. The van der Waals surface area contributed by atoms with Gasteiger partial charge in [0.1, 0.15) is 11.1 Å². The first kappa shape index (κ1) is 23.5. The zero-order chi connectivity index (χ0) is 23.1. The monoisotopic (exact) mass is 451 g/mol. The van der Waals surface area contributed by atoms with Crippen molar-refractivity contribution >= 4 is 29.3 Å². The summed E-state index contributed by atoms with van der Waals surface area (Å²) < 4.78 is 1.99. The lowest BCUT2D eigenvalue weighted by atomic mass is 10.1. The summed E-state index contributed by atoms with van der Waals surface area (Å²) in [7, 11) is 0. The van der Waals surface area contributed by atoms with E-state index in [4.69, 9.17) is 5.73 Å².